The van der Waals surface area contributed by atoms with Gasteiger partial charge in [0, 0.05) is 13.1 Å². The van der Waals surface area contributed by atoms with Crippen LogP contribution in [0.2, 0.25) is 0 Å². The zero-order chi connectivity index (χ0) is 11.5. The van der Waals surface area contributed by atoms with Gasteiger partial charge in [0.15, 0.2) is 0 Å². The topological polar surface area (TPSA) is 95.7 Å². The SMILES string of the molecule is CC1(O)CCCN(C(=O)C(=O)NN)CC1. The zero-order valence-electron chi connectivity index (χ0n) is 8.82. The molecule has 2 amide bonds. The summed E-state index contributed by atoms with van der Waals surface area (Å²) in [6.07, 6.45) is 1.81. The predicted molar refractivity (Wildman–Crippen MR) is 53.4 cm³/mol. The molecule has 0 radical (unpaired) electrons. The van der Waals surface area contributed by atoms with Crippen LogP contribution in [-0.4, -0.2) is 40.5 Å². The monoisotopic (exact) mass is 215 g/mol. The van der Waals surface area contributed by atoms with Gasteiger partial charge in [0.05, 0.1) is 5.60 Å². The summed E-state index contributed by atoms with van der Waals surface area (Å²) in [6, 6.07) is 0. The van der Waals surface area contributed by atoms with Crippen molar-refractivity contribution in [2.24, 2.45) is 5.84 Å². The number of rotatable bonds is 0. The number of likely N-dealkylation sites (tertiary alicyclic amines) is 1. The first-order valence-electron chi connectivity index (χ1n) is 4.98. The number of hydrogen-bond acceptors (Lipinski definition) is 4. The molecule has 1 saturated heterocycles. The fourth-order valence-corrected chi connectivity index (χ4v) is 1.67. The summed E-state index contributed by atoms with van der Waals surface area (Å²) >= 11 is 0. The van der Waals surface area contributed by atoms with Crippen LogP contribution in [0.4, 0.5) is 0 Å². The molecule has 15 heavy (non-hydrogen) atoms. The number of hydrogen-bond donors (Lipinski definition) is 3. The molecule has 0 spiro atoms. The smallest absolute Gasteiger partial charge is 0.323 e. The Hall–Kier alpha value is -1.14. The van der Waals surface area contributed by atoms with Crippen molar-refractivity contribution in [1.29, 1.82) is 0 Å². The Morgan fingerprint density at radius 1 is 1.40 bits per heavy atom. The highest BCUT2D eigenvalue weighted by Crippen LogP contribution is 2.21. The third-order valence-electron chi connectivity index (χ3n) is 2.68. The molecule has 1 atom stereocenters. The zero-order valence-corrected chi connectivity index (χ0v) is 8.82. The lowest BCUT2D eigenvalue weighted by atomic mass is 9.98. The molecule has 1 heterocycles. The van der Waals surface area contributed by atoms with Gasteiger partial charge in [0.2, 0.25) is 0 Å². The maximum Gasteiger partial charge on any atom is 0.323 e. The van der Waals surface area contributed by atoms with Crippen LogP contribution in [0.1, 0.15) is 26.2 Å². The van der Waals surface area contributed by atoms with E-state index in [1.807, 2.05) is 5.43 Å². The normalized spacial score (nSPS) is 27.0. The molecule has 1 unspecified atom stereocenters. The molecule has 0 aliphatic carbocycles. The van der Waals surface area contributed by atoms with E-state index in [2.05, 4.69) is 0 Å². The second-order valence-electron chi connectivity index (χ2n) is 4.12. The van der Waals surface area contributed by atoms with Crippen molar-refractivity contribution < 1.29 is 14.7 Å². The number of amides is 2. The number of carbonyl (C=O) groups excluding carboxylic acids is 2. The Bertz CT molecular complexity index is 265. The molecule has 1 fully saturated rings. The Morgan fingerprint density at radius 2 is 2.07 bits per heavy atom. The second kappa shape index (κ2) is 4.59. The summed E-state index contributed by atoms with van der Waals surface area (Å²) in [6.45, 7) is 2.62. The van der Waals surface area contributed by atoms with E-state index in [1.54, 1.807) is 6.92 Å². The number of nitrogens with two attached hydrogens (primary N) is 1. The molecule has 1 aliphatic heterocycles. The van der Waals surface area contributed by atoms with Gasteiger partial charge in [-0.05, 0) is 26.2 Å². The quantitative estimate of drug-likeness (QED) is 0.203. The number of aliphatic hydroxyl groups is 1. The lowest BCUT2D eigenvalue weighted by Gasteiger charge is -2.21. The summed E-state index contributed by atoms with van der Waals surface area (Å²) in [4.78, 5) is 23.9. The third-order valence-corrected chi connectivity index (χ3v) is 2.68. The van der Waals surface area contributed by atoms with Crippen LogP contribution in [0.3, 0.4) is 0 Å². The molecule has 0 aromatic carbocycles. The predicted octanol–water partition coefficient (Wildman–Crippen LogP) is -1.26. The lowest BCUT2D eigenvalue weighted by Crippen LogP contribution is -2.46. The highest BCUT2D eigenvalue weighted by molar-refractivity contribution is 6.34. The molecule has 0 aromatic rings. The highest BCUT2D eigenvalue weighted by Gasteiger charge is 2.29. The van der Waals surface area contributed by atoms with E-state index in [-0.39, 0.29) is 0 Å². The first-order chi connectivity index (χ1) is 6.96. The van der Waals surface area contributed by atoms with E-state index in [4.69, 9.17) is 5.84 Å². The number of nitrogens with zero attached hydrogens (tertiary/aromatic N) is 1. The number of carbonyl (C=O) groups is 2. The van der Waals surface area contributed by atoms with Gasteiger partial charge >= 0.3 is 11.8 Å². The van der Waals surface area contributed by atoms with Crippen molar-refractivity contribution >= 4 is 11.8 Å². The van der Waals surface area contributed by atoms with Crippen LogP contribution in [0, 0.1) is 0 Å². The van der Waals surface area contributed by atoms with Crippen LogP contribution in [-0.2, 0) is 9.59 Å². The standard InChI is InChI=1S/C9H17N3O3/c1-9(15)3-2-5-12(6-4-9)8(14)7(13)11-10/h15H,2-6,10H2,1H3,(H,11,13). The summed E-state index contributed by atoms with van der Waals surface area (Å²) in [7, 11) is 0. The first-order valence-corrected chi connectivity index (χ1v) is 4.98. The van der Waals surface area contributed by atoms with Crippen LogP contribution in [0.5, 0.6) is 0 Å². The van der Waals surface area contributed by atoms with E-state index in [0.717, 1.165) is 0 Å². The number of hydrazine groups is 1. The molecular formula is C9H17N3O3. The second-order valence-corrected chi connectivity index (χ2v) is 4.12. The van der Waals surface area contributed by atoms with Gasteiger partial charge in [-0.25, -0.2) is 5.84 Å². The Balaban J connectivity index is 2.58. The summed E-state index contributed by atoms with van der Waals surface area (Å²) in [5.74, 6) is 3.44. The van der Waals surface area contributed by atoms with Gasteiger partial charge in [0.1, 0.15) is 0 Å². The van der Waals surface area contributed by atoms with Crippen molar-refractivity contribution in [2.45, 2.75) is 31.8 Å². The molecule has 0 aromatic heterocycles. The summed E-state index contributed by atoms with van der Waals surface area (Å²) in [5.41, 5.74) is 1.07. The molecule has 0 bridgehead atoms. The van der Waals surface area contributed by atoms with E-state index >= 15 is 0 Å². The molecule has 86 valence electrons. The maximum absolute atomic E-state index is 11.4. The minimum atomic E-state index is -0.809. The van der Waals surface area contributed by atoms with Crippen molar-refractivity contribution in [1.82, 2.24) is 10.3 Å². The third kappa shape index (κ3) is 3.17. The summed E-state index contributed by atoms with van der Waals surface area (Å²) < 4.78 is 0. The molecule has 6 heteroatoms. The average Bonchev–Trinajstić information content (AvgIpc) is 2.37. The van der Waals surface area contributed by atoms with E-state index in [1.165, 1.54) is 4.90 Å². The minimum absolute atomic E-state index is 0.388. The Morgan fingerprint density at radius 3 is 2.67 bits per heavy atom. The molecule has 1 aliphatic rings. The van der Waals surface area contributed by atoms with Gasteiger partial charge < -0.3 is 10.0 Å². The van der Waals surface area contributed by atoms with Crippen LogP contribution in [0.15, 0.2) is 0 Å². The van der Waals surface area contributed by atoms with Crippen LogP contribution < -0.4 is 11.3 Å². The largest absolute Gasteiger partial charge is 0.390 e. The highest BCUT2D eigenvalue weighted by atomic mass is 16.3. The lowest BCUT2D eigenvalue weighted by molar-refractivity contribution is -0.145. The Kier molecular flexibility index (Phi) is 3.65. The maximum atomic E-state index is 11.4. The van der Waals surface area contributed by atoms with Gasteiger partial charge in [-0.3, -0.25) is 15.0 Å². The fraction of sp³-hybridized carbons (Fsp3) is 0.778. The van der Waals surface area contributed by atoms with Gasteiger partial charge in [0.25, 0.3) is 0 Å². The van der Waals surface area contributed by atoms with Crippen molar-refractivity contribution in [3.63, 3.8) is 0 Å². The molecule has 4 N–H and O–H groups in total. The van der Waals surface area contributed by atoms with E-state index in [0.29, 0.717) is 32.4 Å². The van der Waals surface area contributed by atoms with Crippen molar-refractivity contribution in [3.8, 4) is 0 Å². The fourth-order valence-electron chi connectivity index (χ4n) is 1.67. The summed E-state index contributed by atoms with van der Waals surface area (Å²) in [5, 5.41) is 9.79. The molecule has 0 saturated carbocycles. The average molecular weight is 215 g/mol. The molecular weight excluding hydrogens is 198 g/mol. The van der Waals surface area contributed by atoms with Gasteiger partial charge in [-0.2, -0.15) is 0 Å². The molecule has 1 rings (SSSR count). The van der Waals surface area contributed by atoms with E-state index < -0.39 is 17.4 Å². The first kappa shape index (κ1) is 11.9. The Labute approximate surface area is 88.4 Å². The van der Waals surface area contributed by atoms with Crippen molar-refractivity contribution in [2.75, 3.05) is 13.1 Å². The van der Waals surface area contributed by atoms with Crippen LogP contribution >= 0.6 is 0 Å². The van der Waals surface area contributed by atoms with Crippen LogP contribution in [0.25, 0.3) is 0 Å². The minimum Gasteiger partial charge on any atom is -0.390 e. The number of nitrogens with one attached hydrogen (secondary N) is 1. The molecule has 6 nitrogen and oxygen atoms in total. The van der Waals surface area contributed by atoms with Gasteiger partial charge in [-0.15, -0.1) is 0 Å². The van der Waals surface area contributed by atoms with E-state index in [9.17, 15) is 14.7 Å². The van der Waals surface area contributed by atoms with Gasteiger partial charge in [-0.1, -0.05) is 0 Å². The van der Waals surface area contributed by atoms with Crippen molar-refractivity contribution in [3.05, 3.63) is 0 Å².